The fourth-order valence-electron chi connectivity index (χ4n) is 3.17. The second-order valence-electron chi connectivity index (χ2n) is 7.01. The predicted molar refractivity (Wildman–Crippen MR) is 80.4 cm³/mol. The summed E-state index contributed by atoms with van der Waals surface area (Å²) >= 11 is 0. The molecular formula is C16H32N2O. The van der Waals surface area contributed by atoms with Gasteiger partial charge in [0.05, 0.1) is 6.61 Å². The lowest BCUT2D eigenvalue weighted by Crippen LogP contribution is -2.52. The maximum atomic E-state index is 9.74. The summed E-state index contributed by atoms with van der Waals surface area (Å²) in [5.74, 6) is 0. The van der Waals surface area contributed by atoms with Crippen molar-refractivity contribution in [1.29, 1.82) is 0 Å². The Morgan fingerprint density at radius 3 is 2.47 bits per heavy atom. The van der Waals surface area contributed by atoms with Crippen LogP contribution >= 0.6 is 0 Å². The zero-order valence-corrected chi connectivity index (χ0v) is 13.0. The van der Waals surface area contributed by atoms with Crippen molar-refractivity contribution in [2.75, 3.05) is 13.2 Å². The summed E-state index contributed by atoms with van der Waals surface area (Å²) in [6.07, 6.45) is 8.94. The highest BCUT2D eigenvalue weighted by molar-refractivity contribution is 4.96. The van der Waals surface area contributed by atoms with Crippen LogP contribution in [0.3, 0.4) is 0 Å². The summed E-state index contributed by atoms with van der Waals surface area (Å²) in [5.41, 5.74) is -0.0973. The summed E-state index contributed by atoms with van der Waals surface area (Å²) in [6.45, 7) is 8.28. The van der Waals surface area contributed by atoms with E-state index in [-0.39, 0.29) is 12.1 Å². The van der Waals surface area contributed by atoms with Gasteiger partial charge in [0.25, 0.3) is 0 Å². The molecule has 0 heterocycles. The molecule has 3 nitrogen and oxygen atoms in total. The third-order valence-corrected chi connectivity index (χ3v) is 4.58. The van der Waals surface area contributed by atoms with Gasteiger partial charge in [-0.25, -0.2) is 0 Å². The van der Waals surface area contributed by atoms with Gasteiger partial charge >= 0.3 is 0 Å². The van der Waals surface area contributed by atoms with Gasteiger partial charge in [-0.1, -0.05) is 13.3 Å². The van der Waals surface area contributed by atoms with Crippen LogP contribution in [0, 0.1) is 0 Å². The second kappa shape index (κ2) is 6.55. The largest absolute Gasteiger partial charge is 0.394 e. The minimum atomic E-state index is -0.0973. The fourth-order valence-corrected chi connectivity index (χ4v) is 3.17. The predicted octanol–water partition coefficient (Wildman–Crippen LogP) is 2.53. The van der Waals surface area contributed by atoms with Gasteiger partial charge in [-0.15, -0.1) is 0 Å². The van der Waals surface area contributed by atoms with Crippen molar-refractivity contribution in [1.82, 2.24) is 10.2 Å². The van der Waals surface area contributed by atoms with Crippen LogP contribution in [-0.4, -0.2) is 46.8 Å². The highest BCUT2D eigenvalue weighted by atomic mass is 16.3. The Hall–Kier alpha value is -0.120. The molecule has 0 spiro atoms. The van der Waals surface area contributed by atoms with Gasteiger partial charge in [0.15, 0.2) is 0 Å². The molecular weight excluding hydrogens is 236 g/mol. The fraction of sp³-hybridized carbons (Fsp3) is 1.00. The third-order valence-electron chi connectivity index (χ3n) is 4.58. The normalized spacial score (nSPS) is 24.5. The van der Waals surface area contributed by atoms with E-state index in [1.165, 1.54) is 45.1 Å². The average molecular weight is 268 g/mol. The summed E-state index contributed by atoms with van der Waals surface area (Å²) in [6, 6.07) is 2.06. The Balaban J connectivity index is 1.86. The Bertz CT molecular complexity index is 276. The van der Waals surface area contributed by atoms with E-state index in [2.05, 4.69) is 31.0 Å². The van der Waals surface area contributed by atoms with Crippen LogP contribution in [0.5, 0.6) is 0 Å². The first-order valence-corrected chi connectivity index (χ1v) is 8.22. The molecule has 2 saturated carbocycles. The molecule has 0 bridgehead atoms. The lowest BCUT2D eigenvalue weighted by Gasteiger charge is -2.37. The molecule has 2 fully saturated rings. The Morgan fingerprint density at radius 2 is 2.00 bits per heavy atom. The first-order valence-electron chi connectivity index (χ1n) is 8.22. The number of nitrogens with one attached hydrogen (secondary N) is 1. The van der Waals surface area contributed by atoms with Crippen LogP contribution in [0.25, 0.3) is 0 Å². The van der Waals surface area contributed by atoms with Crippen molar-refractivity contribution in [3.8, 4) is 0 Å². The number of hydrogen-bond donors (Lipinski definition) is 2. The van der Waals surface area contributed by atoms with Crippen molar-refractivity contribution in [3.05, 3.63) is 0 Å². The number of nitrogens with zero attached hydrogens (tertiary/aromatic N) is 1. The first-order chi connectivity index (χ1) is 9.08. The number of hydrogen-bond acceptors (Lipinski definition) is 3. The van der Waals surface area contributed by atoms with Gasteiger partial charge in [-0.3, -0.25) is 4.90 Å². The summed E-state index contributed by atoms with van der Waals surface area (Å²) < 4.78 is 0. The monoisotopic (exact) mass is 268 g/mol. The smallest absolute Gasteiger partial charge is 0.0611 e. The lowest BCUT2D eigenvalue weighted by atomic mass is 9.93. The molecule has 2 unspecified atom stereocenters. The molecule has 0 radical (unpaired) electrons. The first kappa shape index (κ1) is 15.3. The SMILES string of the molecule is CCCCN(C(C)CC(C)(CO)NC1CC1)C1CC1. The van der Waals surface area contributed by atoms with Gasteiger partial charge in [-0.05, 0) is 58.9 Å². The van der Waals surface area contributed by atoms with Crippen LogP contribution < -0.4 is 5.32 Å². The van der Waals surface area contributed by atoms with Crippen LogP contribution in [0.1, 0.15) is 65.7 Å². The molecule has 0 saturated heterocycles. The molecule has 0 amide bonds. The zero-order valence-electron chi connectivity index (χ0n) is 13.0. The molecule has 0 aromatic carbocycles. The minimum Gasteiger partial charge on any atom is -0.394 e. The van der Waals surface area contributed by atoms with Crippen molar-refractivity contribution in [2.45, 2.75) is 89.4 Å². The van der Waals surface area contributed by atoms with Crippen LogP contribution in [0.15, 0.2) is 0 Å². The Kier molecular flexibility index (Phi) is 5.27. The van der Waals surface area contributed by atoms with E-state index < -0.39 is 0 Å². The number of aliphatic hydroxyl groups is 1. The molecule has 19 heavy (non-hydrogen) atoms. The topological polar surface area (TPSA) is 35.5 Å². The standard InChI is InChI=1S/C16H32N2O/c1-4-5-10-18(15-8-9-15)13(2)11-16(3,12-19)17-14-6-7-14/h13-15,17,19H,4-12H2,1-3H3. The van der Waals surface area contributed by atoms with Gasteiger partial charge in [-0.2, -0.15) is 0 Å². The minimum absolute atomic E-state index is 0.0973. The molecule has 2 rings (SSSR count). The van der Waals surface area contributed by atoms with Gasteiger partial charge in [0.2, 0.25) is 0 Å². The third kappa shape index (κ3) is 4.73. The zero-order chi connectivity index (χ0) is 13.9. The van der Waals surface area contributed by atoms with Crippen molar-refractivity contribution < 1.29 is 5.11 Å². The molecule has 0 aromatic rings. The van der Waals surface area contributed by atoms with Crippen molar-refractivity contribution in [2.24, 2.45) is 0 Å². The van der Waals surface area contributed by atoms with Crippen LogP contribution in [0.4, 0.5) is 0 Å². The summed E-state index contributed by atoms with van der Waals surface area (Å²) in [7, 11) is 0. The molecule has 3 heteroatoms. The van der Waals surface area contributed by atoms with E-state index >= 15 is 0 Å². The lowest BCUT2D eigenvalue weighted by molar-refractivity contribution is 0.108. The molecule has 112 valence electrons. The highest BCUT2D eigenvalue weighted by Gasteiger charge is 2.37. The van der Waals surface area contributed by atoms with E-state index in [4.69, 9.17) is 0 Å². The number of rotatable bonds is 10. The number of aliphatic hydroxyl groups excluding tert-OH is 1. The molecule has 0 aromatic heterocycles. The van der Waals surface area contributed by atoms with Crippen molar-refractivity contribution in [3.63, 3.8) is 0 Å². The highest BCUT2D eigenvalue weighted by Crippen LogP contribution is 2.32. The van der Waals surface area contributed by atoms with Crippen LogP contribution in [-0.2, 0) is 0 Å². The molecule has 2 N–H and O–H groups in total. The maximum absolute atomic E-state index is 9.74. The number of unbranched alkanes of at least 4 members (excludes halogenated alkanes) is 1. The van der Waals surface area contributed by atoms with E-state index in [0.717, 1.165) is 12.5 Å². The van der Waals surface area contributed by atoms with Crippen LogP contribution in [0.2, 0.25) is 0 Å². The maximum Gasteiger partial charge on any atom is 0.0611 e. The van der Waals surface area contributed by atoms with E-state index in [9.17, 15) is 5.11 Å². The average Bonchev–Trinajstić information content (AvgIpc) is 3.23. The Labute approximate surface area is 118 Å². The molecule has 2 aliphatic rings. The quantitative estimate of drug-likeness (QED) is 0.639. The van der Waals surface area contributed by atoms with Crippen molar-refractivity contribution >= 4 is 0 Å². The van der Waals surface area contributed by atoms with E-state index in [1.54, 1.807) is 0 Å². The summed E-state index contributed by atoms with van der Waals surface area (Å²) in [5, 5.41) is 13.4. The van der Waals surface area contributed by atoms with Gasteiger partial charge < -0.3 is 10.4 Å². The molecule has 0 aliphatic heterocycles. The van der Waals surface area contributed by atoms with Gasteiger partial charge in [0.1, 0.15) is 0 Å². The van der Waals surface area contributed by atoms with E-state index in [0.29, 0.717) is 12.1 Å². The molecule has 2 aliphatic carbocycles. The Morgan fingerprint density at radius 1 is 1.32 bits per heavy atom. The summed E-state index contributed by atoms with van der Waals surface area (Å²) in [4.78, 5) is 2.69. The van der Waals surface area contributed by atoms with E-state index in [1.807, 2.05) is 0 Å². The molecule has 2 atom stereocenters. The van der Waals surface area contributed by atoms with Gasteiger partial charge in [0, 0.05) is 23.7 Å². The second-order valence-corrected chi connectivity index (χ2v) is 7.01.